The quantitative estimate of drug-likeness (QED) is 0.445. The minimum atomic E-state index is -0.310. The summed E-state index contributed by atoms with van der Waals surface area (Å²) in [7, 11) is 1.54. The lowest BCUT2D eigenvalue weighted by molar-refractivity contribution is -0.390. The monoisotopic (exact) mass is 127 g/mol. The van der Waals surface area contributed by atoms with E-state index in [2.05, 4.69) is 10.1 Å². The van der Waals surface area contributed by atoms with Crippen LogP contribution in [0.1, 0.15) is 0 Å². The van der Waals surface area contributed by atoms with E-state index in [0.29, 0.717) is 0 Å². The maximum absolute atomic E-state index is 10.6. The summed E-state index contributed by atoms with van der Waals surface area (Å²) in [5.41, 5.74) is 4.89. The van der Waals surface area contributed by atoms with Crippen molar-refractivity contribution >= 4 is 5.82 Å². The zero-order valence-corrected chi connectivity index (χ0v) is 4.96. The van der Waals surface area contributed by atoms with E-state index in [9.17, 15) is 4.79 Å². The van der Waals surface area contributed by atoms with E-state index in [1.165, 1.54) is 13.2 Å². The van der Waals surface area contributed by atoms with E-state index in [1.807, 2.05) is 0 Å². The first-order valence-corrected chi connectivity index (χ1v) is 2.41. The summed E-state index contributed by atoms with van der Waals surface area (Å²) in [6.07, 6.45) is 1.38. The second-order valence-corrected chi connectivity index (χ2v) is 1.65. The van der Waals surface area contributed by atoms with Gasteiger partial charge in [0, 0.05) is 0 Å². The number of hydrogen-bond acceptors (Lipinski definition) is 3. The summed E-state index contributed by atoms with van der Waals surface area (Å²) < 4.78 is 1.16. The molecule has 0 aliphatic rings. The van der Waals surface area contributed by atoms with Crippen LogP contribution in [0.4, 0.5) is 5.82 Å². The molecule has 0 unspecified atom stereocenters. The summed E-state index contributed by atoms with van der Waals surface area (Å²) >= 11 is 0. The van der Waals surface area contributed by atoms with Crippen LogP contribution in [0.2, 0.25) is 0 Å². The molecule has 3 N–H and O–H groups in total. The molecule has 0 aliphatic heterocycles. The highest BCUT2D eigenvalue weighted by Crippen LogP contribution is 1.74. The number of nitrogen functional groups attached to an aromatic ring is 1. The molecular formula is C4H7N4O+. The third-order valence-electron chi connectivity index (χ3n) is 0.915. The van der Waals surface area contributed by atoms with E-state index >= 15 is 0 Å². The first-order chi connectivity index (χ1) is 4.20. The number of nitrogens with one attached hydrogen (secondary N) is 1. The summed E-state index contributed by atoms with van der Waals surface area (Å²) in [4.78, 5) is 13.0. The van der Waals surface area contributed by atoms with E-state index in [-0.39, 0.29) is 11.5 Å². The van der Waals surface area contributed by atoms with Crippen LogP contribution < -0.4 is 16.4 Å². The number of rotatable bonds is 0. The van der Waals surface area contributed by atoms with Crippen LogP contribution >= 0.6 is 0 Å². The van der Waals surface area contributed by atoms with Crippen molar-refractivity contribution in [2.75, 3.05) is 5.73 Å². The normalized spacial score (nSPS) is 9.44. The number of nitrogens with two attached hydrogens (primary N) is 1. The number of aryl methyl sites for hydroxylation is 1. The Labute approximate surface area is 51.1 Å². The maximum atomic E-state index is 10.6. The summed E-state index contributed by atoms with van der Waals surface area (Å²) in [5, 5.41) is 3.63. The van der Waals surface area contributed by atoms with Crippen LogP contribution in [-0.2, 0) is 7.05 Å². The molecule has 9 heavy (non-hydrogen) atoms. The van der Waals surface area contributed by atoms with E-state index < -0.39 is 0 Å². The zero-order chi connectivity index (χ0) is 6.85. The molecule has 0 aliphatic carbocycles. The Balaban J connectivity index is 3.34. The van der Waals surface area contributed by atoms with Gasteiger partial charge in [0.15, 0.2) is 0 Å². The smallest absolute Gasteiger partial charge is 0.317 e. The standard InChI is InChI=1S/C4H6N4O/c1-8-4(9)7-3(5)2-6-8/h2H,1H3,(H2,5,7,9)/p+1. The number of aromatic amines is 1. The molecule has 0 radical (unpaired) electrons. The number of hydrogen-bond donors (Lipinski definition) is 1. The molecule has 0 saturated heterocycles. The largest absolute Gasteiger partial charge is 0.459 e. The summed E-state index contributed by atoms with van der Waals surface area (Å²) in [6.45, 7) is 0. The molecule has 5 nitrogen and oxygen atoms in total. The highest BCUT2D eigenvalue weighted by atomic mass is 16.1. The lowest BCUT2D eigenvalue weighted by Gasteiger charge is -1.85. The van der Waals surface area contributed by atoms with Crippen LogP contribution in [0.5, 0.6) is 0 Å². The molecule has 1 heterocycles. The van der Waals surface area contributed by atoms with Crippen molar-refractivity contribution in [3.63, 3.8) is 0 Å². The Morgan fingerprint density at radius 3 is 3.00 bits per heavy atom. The number of aromatic nitrogens is 3. The number of anilines is 1. The van der Waals surface area contributed by atoms with Gasteiger partial charge >= 0.3 is 5.69 Å². The second kappa shape index (κ2) is 1.85. The fraction of sp³-hybridized carbons (Fsp3) is 0.250. The molecule has 0 aromatic carbocycles. The fourth-order valence-electron chi connectivity index (χ4n) is 0.438. The van der Waals surface area contributed by atoms with Gasteiger partial charge in [-0.2, -0.15) is 0 Å². The van der Waals surface area contributed by atoms with Gasteiger partial charge in [0.05, 0.1) is 7.05 Å². The van der Waals surface area contributed by atoms with Gasteiger partial charge in [0.25, 0.3) is 0 Å². The van der Waals surface area contributed by atoms with Crippen molar-refractivity contribution in [2.45, 2.75) is 0 Å². The van der Waals surface area contributed by atoms with Gasteiger partial charge in [0.2, 0.25) is 5.82 Å². The zero-order valence-electron chi connectivity index (χ0n) is 4.96. The Morgan fingerprint density at radius 1 is 1.89 bits per heavy atom. The van der Waals surface area contributed by atoms with Crippen LogP contribution in [0.15, 0.2) is 11.0 Å². The van der Waals surface area contributed by atoms with Crippen molar-refractivity contribution in [2.24, 2.45) is 7.05 Å². The molecule has 0 atom stereocenters. The number of H-pyrrole nitrogens is 1. The van der Waals surface area contributed by atoms with Crippen molar-refractivity contribution in [1.82, 2.24) is 9.78 Å². The molecule has 0 fully saturated rings. The minimum absolute atomic E-state index is 0.276. The summed E-state index contributed by atoms with van der Waals surface area (Å²) in [5.74, 6) is 0.276. The maximum Gasteiger partial charge on any atom is 0.459 e. The van der Waals surface area contributed by atoms with E-state index in [4.69, 9.17) is 5.73 Å². The second-order valence-electron chi connectivity index (χ2n) is 1.65. The van der Waals surface area contributed by atoms with Gasteiger partial charge in [0.1, 0.15) is 6.20 Å². The van der Waals surface area contributed by atoms with Crippen LogP contribution in [-0.4, -0.2) is 9.78 Å². The molecule has 48 valence electrons. The van der Waals surface area contributed by atoms with Crippen molar-refractivity contribution in [3.8, 4) is 0 Å². The molecule has 0 bridgehead atoms. The summed E-state index contributed by atoms with van der Waals surface area (Å²) in [6, 6.07) is 0. The van der Waals surface area contributed by atoms with E-state index in [0.717, 1.165) is 4.68 Å². The van der Waals surface area contributed by atoms with E-state index in [1.54, 1.807) is 0 Å². The molecule has 5 heteroatoms. The molecule has 1 rings (SSSR count). The fourth-order valence-corrected chi connectivity index (χ4v) is 0.438. The van der Waals surface area contributed by atoms with Crippen molar-refractivity contribution < 1.29 is 4.98 Å². The highest BCUT2D eigenvalue weighted by Gasteiger charge is 1.96. The Morgan fingerprint density at radius 2 is 2.56 bits per heavy atom. The third kappa shape index (κ3) is 1.04. The Hall–Kier alpha value is -1.39. The predicted molar refractivity (Wildman–Crippen MR) is 30.4 cm³/mol. The van der Waals surface area contributed by atoms with Crippen molar-refractivity contribution in [1.29, 1.82) is 0 Å². The molecule has 1 aromatic heterocycles. The lowest BCUT2D eigenvalue weighted by atomic mass is 10.8. The van der Waals surface area contributed by atoms with Crippen LogP contribution in [0.25, 0.3) is 0 Å². The van der Waals surface area contributed by atoms with Gasteiger partial charge in [-0.1, -0.05) is 0 Å². The van der Waals surface area contributed by atoms with Gasteiger partial charge in [-0.25, -0.2) is 9.78 Å². The predicted octanol–water partition coefficient (Wildman–Crippen LogP) is -1.82. The average Bonchev–Trinajstić information content (AvgIpc) is 1.80. The minimum Gasteiger partial charge on any atom is -0.317 e. The van der Waals surface area contributed by atoms with Gasteiger partial charge in [-0.3, -0.25) is 0 Å². The topological polar surface area (TPSA) is 75.1 Å². The first kappa shape index (κ1) is 5.74. The third-order valence-corrected chi connectivity index (χ3v) is 0.915. The van der Waals surface area contributed by atoms with Gasteiger partial charge in [-0.05, 0) is 0 Å². The molecule has 0 saturated carbocycles. The van der Waals surface area contributed by atoms with Gasteiger partial charge in [-0.15, -0.1) is 9.78 Å². The van der Waals surface area contributed by atoms with Crippen LogP contribution in [0, 0.1) is 0 Å². The average molecular weight is 127 g/mol. The Kier molecular flexibility index (Phi) is 1.18. The first-order valence-electron chi connectivity index (χ1n) is 2.41. The van der Waals surface area contributed by atoms with Crippen molar-refractivity contribution in [3.05, 3.63) is 16.7 Å². The number of nitrogens with zero attached hydrogens (tertiary/aromatic N) is 2. The molecular weight excluding hydrogens is 120 g/mol. The molecule has 0 spiro atoms. The van der Waals surface area contributed by atoms with Crippen LogP contribution in [0.3, 0.4) is 0 Å². The molecule has 0 amide bonds. The lowest BCUT2D eigenvalue weighted by Crippen LogP contribution is -2.38. The van der Waals surface area contributed by atoms with Gasteiger partial charge < -0.3 is 5.73 Å². The highest BCUT2D eigenvalue weighted by molar-refractivity contribution is 5.11. The Bertz CT molecular complexity index is 266. The SMILES string of the molecule is Cn1ncc(N)[nH+]c1=O. The molecule has 1 aromatic rings.